The summed E-state index contributed by atoms with van der Waals surface area (Å²) in [6, 6.07) is 10.2. The van der Waals surface area contributed by atoms with E-state index in [4.69, 9.17) is 0 Å². The zero-order valence-corrected chi connectivity index (χ0v) is 13.8. The number of fused-ring (bicyclic) bond motifs is 1. The third kappa shape index (κ3) is 3.02. The lowest BCUT2D eigenvalue weighted by atomic mass is 9.94. The molecule has 3 rings (SSSR count). The molecule has 0 spiro atoms. The van der Waals surface area contributed by atoms with Crippen LogP contribution in [-0.2, 0) is 6.42 Å². The molecule has 2 aliphatic rings. The molecular formula is C19H30N2. The van der Waals surface area contributed by atoms with Crippen LogP contribution in [0, 0.1) is 11.8 Å². The Morgan fingerprint density at radius 1 is 1.19 bits per heavy atom. The molecule has 0 saturated carbocycles. The first-order chi connectivity index (χ1) is 10.2. The van der Waals surface area contributed by atoms with Crippen LogP contribution < -0.4 is 5.32 Å². The smallest absolute Gasteiger partial charge is 0.0478 e. The molecule has 21 heavy (non-hydrogen) atoms. The summed E-state index contributed by atoms with van der Waals surface area (Å²) in [4.78, 5) is 2.77. The van der Waals surface area contributed by atoms with Gasteiger partial charge in [-0.1, -0.05) is 38.1 Å². The van der Waals surface area contributed by atoms with Gasteiger partial charge in [-0.15, -0.1) is 0 Å². The average Bonchev–Trinajstić information content (AvgIpc) is 2.90. The van der Waals surface area contributed by atoms with E-state index in [0.717, 1.165) is 11.8 Å². The molecule has 2 heteroatoms. The second kappa shape index (κ2) is 6.50. The summed E-state index contributed by atoms with van der Waals surface area (Å²) in [5.41, 5.74) is 3.09. The Morgan fingerprint density at radius 3 is 2.71 bits per heavy atom. The highest BCUT2D eigenvalue weighted by Crippen LogP contribution is 2.35. The third-order valence-electron chi connectivity index (χ3n) is 5.70. The van der Waals surface area contributed by atoms with Crippen LogP contribution in [0.3, 0.4) is 0 Å². The lowest BCUT2D eigenvalue weighted by molar-refractivity contribution is 0.175. The largest absolute Gasteiger partial charge is 0.312 e. The van der Waals surface area contributed by atoms with Crippen LogP contribution in [0.15, 0.2) is 24.3 Å². The summed E-state index contributed by atoms with van der Waals surface area (Å²) in [6.07, 6.45) is 5.27. The van der Waals surface area contributed by atoms with E-state index in [1.807, 2.05) is 0 Å². The zero-order valence-electron chi connectivity index (χ0n) is 13.8. The Hall–Kier alpha value is -0.860. The Bertz CT molecular complexity index is 468. The van der Waals surface area contributed by atoms with E-state index in [9.17, 15) is 0 Å². The molecule has 1 saturated heterocycles. The lowest BCUT2D eigenvalue weighted by Gasteiger charge is -2.34. The highest BCUT2D eigenvalue weighted by molar-refractivity contribution is 5.32. The number of aryl methyl sites for hydroxylation is 1. The topological polar surface area (TPSA) is 15.3 Å². The molecule has 1 aromatic rings. The molecule has 0 radical (unpaired) electrons. The quantitative estimate of drug-likeness (QED) is 0.854. The predicted molar refractivity (Wildman–Crippen MR) is 89.5 cm³/mol. The minimum atomic E-state index is 0.495. The van der Waals surface area contributed by atoms with Crippen molar-refractivity contribution in [1.29, 1.82) is 0 Å². The van der Waals surface area contributed by atoms with Gasteiger partial charge < -0.3 is 5.32 Å². The van der Waals surface area contributed by atoms with Crippen LogP contribution in [-0.4, -0.2) is 31.1 Å². The first-order valence-corrected chi connectivity index (χ1v) is 8.70. The second-order valence-electron chi connectivity index (χ2n) is 7.21. The molecule has 3 unspecified atom stereocenters. The molecule has 1 heterocycles. The van der Waals surface area contributed by atoms with E-state index in [1.54, 1.807) is 5.56 Å². The van der Waals surface area contributed by atoms with Crippen molar-refractivity contribution in [2.45, 2.75) is 51.6 Å². The Kier molecular flexibility index (Phi) is 4.66. The van der Waals surface area contributed by atoms with Crippen LogP contribution in [0.2, 0.25) is 0 Å². The summed E-state index contributed by atoms with van der Waals surface area (Å²) in [7, 11) is 2.13. The average molecular weight is 286 g/mol. The number of nitrogens with one attached hydrogen (secondary N) is 1. The van der Waals surface area contributed by atoms with Crippen LogP contribution in [0.5, 0.6) is 0 Å². The normalized spacial score (nSPS) is 30.4. The lowest BCUT2D eigenvalue weighted by Crippen LogP contribution is -2.42. The summed E-state index contributed by atoms with van der Waals surface area (Å²) in [5.74, 6) is 1.71. The number of benzene rings is 1. The molecule has 0 bridgehead atoms. The minimum Gasteiger partial charge on any atom is -0.312 e. The van der Waals surface area contributed by atoms with Gasteiger partial charge in [-0.2, -0.15) is 0 Å². The molecule has 0 aromatic heterocycles. The maximum Gasteiger partial charge on any atom is 0.0478 e. The van der Waals surface area contributed by atoms with Crippen LogP contribution in [0.1, 0.15) is 50.3 Å². The molecule has 1 aliphatic heterocycles. The molecule has 116 valence electrons. The van der Waals surface area contributed by atoms with Gasteiger partial charge in [0.25, 0.3) is 0 Å². The predicted octanol–water partition coefficient (Wildman–Crippen LogP) is 3.63. The van der Waals surface area contributed by atoms with Gasteiger partial charge in [0.05, 0.1) is 0 Å². The Morgan fingerprint density at radius 2 is 2.00 bits per heavy atom. The SMILES string of the molecule is CNC1c2ccccc2CCCC1N1CCC(C(C)C)C1. The van der Waals surface area contributed by atoms with Crippen LogP contribution in [0.4, 0.5) is 0 Å². The first kappa shape index (κ1) is 15.1. The Balaban J connectivity index is 1.82. The van der Waals surface area contributed by atoms with Crippen molar-refractivity contribution < 1.29 is 0 Å². The van der Waals surface area contributed by atoms with Crippen molar-refractivity contribution in [2.75, 3.05) is 20.1 Å². The van der Waals surface area contributed by atoms with E-state index in [2.05, 4.69) is 55.4 Å². The van der Waals surface area contributed by atoms with E-state index >= 15 is 0 Å². The fraction of sp³-hybridized carbons (Fsp3) is 0.684. The number of hydrogen-bond donors (Lipinski definition) is 1. The van der Waals surface area contributed by atoms with Crippen LogP contribution >= 0.6 is 0 Å². The zero-order chi connectivity index (χ0) is 14.8. The molecule has 3 atom stereocenters. The standard InChI is InChI=1S/C19H30N2/c1-14(2)16-11-12-21(13-16)18-10-6-8-15-7-4-5-9-17(15)19(18)20-3/h4-5,7,9,14,16,18-20H,6,8,10-13H2,1-3H3. The molecule has 1 aromatic carbocycles. The van der Waals surface area contributed by atoms with Crippen molar-refractivity contribution in [1.82, 2.24) is 10.2 Å². The van der Waals surface area contributed by atoms with E-state index in [-0.39, 0.29) is 0 Å². The molecular weight excluding hydrogens is 256 g/mol. The van der Waals surface area contributed by atoms with Gasteiger partial charge in [-0.25, -0.2) is 0 Å². The van der Waals surface area contributed by atoms with Crippen molar-refractivity contribution in [3.05, 3.63) is 35.4 Å². The Labute approximate surface area is 129 Å². The van der Waals surface area contributed by atoms with Crippen molar-refractivity contribution in [3.63, 3.8) is 0 Å². The number of nitrogens with zero attached hydrogens (tertiary/aromatic N) is 1. The summed E-state index contributed by atoms with van der Waals surface area (Å²) >= 11 is 0. The molecule has 0 amide bonds. The minimum absolute atomic E-state index is 0.495. The summed E-state index contributed by atoms with van der Waals surface area (Å²) in [5, 5.41) is 3.63. The van der Waals surface area contributed by atoms with Crippen molar-refractivity contribution in [2.24, 2.45) is 11.8 Å². The summed E-state index contributed by atoms with van der Waals surface area (Å²) < 4.78 is 0. The van der Waals surface area contributed by atoms with Gasteiger partial charge in [-0.05, 0) is 62.2 Å². The molecule has 2 nitrogen and oxygen atoms in total. The highest BCUT2D eigenvalue weighted by Gasteiger charge is 2.35. The second-order valence-corrected chi connectivity index (χ2v) is 7.21. The number of hydrogen-bond acceptors (Lipinski definition) is 2. The maximum absolute atomic E-state index is 3.63. The van der Waals surface area contributed by atoms with Gasteiger partial charge in [0.15, 0.2) is 0 Å². The van der Waals surface area contributed by atoms with Gasteiger partial charge in [0, 0.05) is 18.6 Å². The monoisotopic (exact) mass is 286 g/mol. The fourth-order valence-corrected chi connectivity index (χ4v) is 4.34. The number of rotatable bonds is 3. The number of likely N-dealkylation sites (tertiary alicyclic amines) is 1. The first-order valence-electron chi connectivity index (χ1n) is 8.70. The van der Waals surface area contributed by atoms with Gasteiger partial charge in [0.2, 0.25) is 0 Å². The fourth-order valence-electron chi connectivity index (χ4n) is 4.34. The van der Waals surface area contributed by atoms with E-state index in [1.165, 1.54) is 44.3 Å². The maximum atomic E-state index is 3.63. The van der Waals surface area contributed by atoms with Crippen LogP contribution in [0.25, 0.3) is 0 Å². The van der Waals surface area contributed by atoms with Gasteiger partial charge >= 0.3 is 0 Å². The van der Waals surface area contributed by atoms with E-state index < -0.39 is 0 Å². The third-order valence-corrected chi connectivity index (χ3v) is 5.70. The molecule has 1 aliphatic carbocycles. The highest BCUT2D eigenvalue weighted by atomic mass is 15.2. The van der Waals surface area contributed by atoms with Crippen molar-refractivity contribution >= 4 is 0 Å². The summed E-state index contributed by atoms with van der Waals surface area (Å²) in [6.45, 7) is 7.34. The molecule has 1 N–H and O–H groups in total. The van der Waals surface area contributed by atoms with Gasteiger partial charge in [0.1, 0.15) is 0 Å². The van der Waals surface area contributed by atoms with E-state index in [0.29, 0.717) is 12.1 Å². The van der Waals surface area contributed by atoms with Gasteiger partial charge in [-0.3, -0.25) is 4.90 Å². The number of likely N-dealkylation sites (N-methyl/N-ethyl adjacent to an activating group) is 1. The van der Waals surface area contributed by atoms with Crippen molar-refractivity contribution in [3.8, 4) is 0 Å². The molecule has 1 fully saturated rings.